The maximum atomic E-state index is 5.79. The number of anilines is 1. The number of nitrogens with one attached hydrogen (secondary N) is 1. The molecule has 0 atom stereocenters. The van der Waals surface area contributed by atoms with Crippen molar-refractivity contribution in [2.24, 2.45) is 0 Å². The first-order valence-electron chi connectivity index (χ1n) is 7.36. The van der Waals surface area contributed by atoms with Crippen molar-refractivity contribution in [2.75, 3.05) is 5.32 Å². The minimum atomic E-state index is -0.0452. The van der Waals surface area contributed by atoms with E-state index in [9.17, 15) is 0 Å². The van der Waals surface area contributed by atoms with Crippen LogP contribution < -0.4 is 5.32 Å². The molecule has 0 aliphatic rings. The largest absolute Gasteiger partial charge is 0.443 e. The van der Waals surface area contributed by atoms with E-state index in [0.29, 0.717) is 18.2 Å². The molecule has 0 fully saturated rings. The van der Waals surface area contributed by atoms with Gasteiger partial charge in [0.1, 0.15) is 17.9 Å². The molecule has 3 aromatic rings. The number of aromatic nitrogens is 5. The Kier molecular flexibility index (Phi) is 3.56. The van der Waals surface area contributed by atoms with E-state index in [0.717, 1.165) is 23.7 Å². The van der Waals surface area contributed by atoms with Crippen LogP contribution in [-0.4, -0.2) is 24.6 Å². The Morgan fingerprint density at radius 3 is 2.77 bits per heavy atom. The highest BCUT2D eigenvalue weighted by atomic mass is 16.4. The van der Waals surface area contributed by atoms with Gasteiger partial charge in [-0.2, -0.15) is 14.6 Å². The van der Waals surface area contributed by atoms with Gasteiger partial charge in [-0.1, -0.05) is 27.7 Å². The zero-order valence-electron chi connectivity index (χ0n) is 13.3. The number of rotatable bonds is 4. The topological polar surface area (TPSA) is 81.1 Å². The molecule has 1 N–H and O–H groups in total. The van der Waals surface area contributed by atoms with Gasteiger partial charge in [0.05, 0.1) is 12.7 Å². The van der Waals surface area contributed by atoms with Crippen LogP contribution in [0.3, 0.4) is 0 Å². The number of hydrogen-bond acceptors (Lipinski definition) is 6. The third-order valence-corrected chi connectivity index (χ3v) is 3.38. The molecular formula is C15H20N6O. The van der Waals surface area contributed by atoms with Gasteiger partial charge in [0, 0.05) is 17.2 Å². The second-order valence-electron chi connectivity index (χ2n) is 6.18. The zero-order chi connectivity index (χ0) is 15.7. The van der Waals surface area contributed by atoms with Gasteiger partial charge in [0.15, 0.2) is 0 Å². The van der Waals surface area contributed by atoms with E-state index < -0.39 is 0 Å². The van der Waals surface area contributed by atoms with Crippen LogP contribution in [0.15, 0.2) is 23.0 Å². The minimum absolute atomic E-state index is 0.0452. The van der Waals surface area contributed by atoms with E-state index in [1.54, 1.807) is 10.7 Å². The summed E-state index contributed by atoms with van der Waals surface area (Å²) in [6.45, 7) is 8.83. The van der Waals surface area contributed by atoms with E-state index in [4.69, 9.17) is 4.42 Å². The molecule has 0 aromatic carbocycles. The third-order valence-electron chi connectivity index (χ3n) is 3.38. The lowest BCUT2D eigenvalue weighted by Gasteiger charge is -2.13. The molecule has 7 nitrogen and oxygen atoms in total. The molecular weight excluding hydrogens is 280 g/mol. The van der Waals surface area contributed by atoms with Crippen molar-refractivity contribution in [3.8, 4) is 0 Å². The van der Waals surface area contributed by atoms with Gasteiger partial charge in [-0.15, -0.1) is 0 Å². The fourth-order valence-electron chi connectivity index (χ4n) is 2.07. The maximum Gasteiger partial charge on any atom is 0.254 e. The van der Waals surface area contributed by atoms with Gasteiger partial charge < -0.3 is 9.73 Å². The van der Waals surface area contributed by atoms with Gasteiger partial charge in [-0.3, -0.25) is 0 Å². The summed E-state index contributed by atoms with van der Waals surface area (Å²) in [5.41, 5.74) is 0.919. The fourth-order valence-corrected chi connectivity index (χ4v) is 2.07. The summed E-state index contributed by atoms with van der Waals surface area (Å²) in [7, 11) is 0. The van der Waals surface area contributed by atoms with E-state index >= 15 is 0 Å². The minimum Gasteiger partial charge on any atom is -0.443 e. The van der Waals surface area contributed by atoms with Gasteiger partial charge >= 0.3 is 0 Å². The lowest BCUT2D eigenvalue weighted by atomic mass is 9.94. The Hall–Kier alpha value is -2.44. The summed E-state index contributed by atoms with van der Waals surface area (Å²) in [5.74, 6) is 2.94. The molecule has 0 bridgehead atoms. The van der Waals surface area contributed by atoms with Crippen LogP contribution in [0.5, 0.6) is 0 Å². The summed E-state index contributed by atoms with van der Waals surface area (Å²) in [6.07, 6.45) is 4.12. The Balaban J connectivity index is 1.81. The van der Waals surface area contributed by atoms with Crippen molar-refractivity contribution >= 4 is 11.6 Å². The van der Waals surface area contributed by atoms with Crippen LogP contribution in [-0.2, 0) is 18.4 Å². The summed E-state index contributed by atoms with van der Waals surface area (Å²) in [6, 6.07) is 1.97. The van der Waals surface area contributed by atoms with Crippen molar-refractivity contribution in [3.05, 3.63) is 35.9 Å². The highest BCUT2D eigenvalue weighted by molar-refractivity contribution is 5.44. The SMILES string of the molecule is CCc1cc(NCc2ncc(C(C)(C)C)o2)n2ncnc2n1. The van der Waals surface area contributed by atoms with E-state index in [2.05, 4.69) is 53.1 Å². The monoisotopic (exact) mass is 300 g/mol. The molecule has 0 unspecified atom stereocenters. The normalized spacial score (nSPS) is 12.0. The first-order valence-corrected chi connectivity index (χ1v) is 7.36. The summed E-state index contributed by atoms with van der Waals surface area (Å²) < 4.78 is 7.46. The van der Waals surface area contributed by atoms with Crippen molar-refractivity contribution in [1.29, 1.82) is 0 Å². The van der Waals surface area contributed by atoms with Gasteiger partial charge in [0.25, 0.3) is 5.78 Å². The van der Waals surface area contributed by atoms with Crippen LogP contribution >= 0.6 is 0 Å². The van der Waals surface area contributed by atoms with Crippen LogP contribution in [0.1, 0.15) is 45.0 Å². The molecule has 3 heterocycles. The number of nitrogens with zero attached hydrogens (tertiary/aromatic N) is 5. The van der Waals surface area contributed by atoms with Crippen LogP contribution in [0, 0.1) is 0 Å². The molecule has 0 aliphatic carbocycles. The Labute approximate surface area is 128 Å². The number of oxazole rings is 1. The Bertz CT molecular complexity index is 783. The van der Waals surface area contributed by atoms with Crippen molar-refractivity contribution < 1.29 is 4.42 Å². The first-order chi connectivity index (χ1) is 10.5. The molecule has 0 amide bonds. The van der Waals surface area contributed by atoms with Crippen molar-refractivity contribution in [2.45, 2.75) is 46.1 Å². The quantitative estimate of drug-likeness (QED) is 0.797. The fraction of sp³-hybridized carbons (Fsp3) is 0.467. The van der Waals surface area contributed by atoms with Gasteiger partial charge in [-0.05, 0) is 6.42 Å². The van der Waals surface area contributed by atoms with Crippen LogP contribution in [0.4, 0.5) is 5.82 Å². The molecule has 0 saturated heterocycles. The van der Waals surface area contributed by atoms with Crippen molar-refractivity contribution in [1.82, 2.24) is 24.6 Å². The number of fused-ring (bicyclic) bond motifs is 1. The van der Waals surface area contributed by atoms with E-state index in [1.807, 2.05) is 6.07 Å². The second-order valence-corrected chi connectivity index (χ2v) is 6.18. The molecule has 0 aliphatic heterocycles. The predicted molar refractivity (Wildman–Crippen MR) is 82.7 cm³/mol. The Morgan fingerprint density at radius 2 is 2.09 bits per heavy atom. The summed E-state index contributed by atoms with van der Waals surface area (Å²) >= 11 is 0. The highest BCUT2D eigenvalue weighted by Gasteiger charge is 2.19. The molecule has 7 heteroatoms. The second kappa shape index (κ2) is 5.40. The maximum absolute atomic E-state index is 5.79. The standard InChI is InChI=1S/C15H20N6O/c1-5-10-6-12(21-14(20-10)18-9-19-21)16-8-13-17-7-11(22-13)15(2,3)4/h6-7,9,16H,5,8H2,1-4H3. The molecule has 3 rings (SSSR count). The average Bonchev–Trinajstić information content (AvgIpc) is 3.12. The molecule has 3 aromatic heterocycles. The smallest absolute Gasteiger partial charge is 0.254 e. The van der Waals surface area contributed by atoms with Crippen LogP contribution in [0.2, 0.25) is 0 Å². The molecule has 0 spiro atoms. The Morgan fingerprint density at radius 1 is 1.27 bits per heavy atom. The molecule has 116 valence electrons. The van der Waals surface area contributed by atoms with Gasteiger partial charge in [0.2, 0.25) is 5.89 Å². The predicted octanol–water partition coefficient (Wildman–Crippen LogP) is 2.58. The zero-order valence-corrected chi connectivity index (χ0v) is 13.3. The molecule has 0 saturated carbocycles. The number of aryl methyl sites for hydroxylation is 1. The highest BCUT2D eigenvalue weighted by Crippen LogP contribution is 2.23. The van der Waals surface area contributed by atoms with E-state index in [1.165, 1.54) is 6.33 Å². The number of hydrogen-bond donors (Lipinski definition) is 1. The molecule has 22 heavy (non-hydrogen) atoms. The van der Waals surface area contributed by atoms with Crippen molar-refractivity contribution in [3.63, 3.8) is 0 Å². The first kappa shape index (κ1) is 14.5. The van der Waals surface area contributed by atoms with Crippen LogP contribution in [0.25, 0.3) is 5.78 Å². The lowest BCUT2D eigenvalue weighted by Crippen LogP contribution is -2.09. The van der Waals surface area contributed by atoms with Gasteiger partial charge in [-0.25, -0.2) is 9.97 Å². The average molecular weight is 300 g/mol. The summed E-state index contributed by atoms with van der Waals surface area (Å²) in [4.78, 5) is 12.9. The van der Waals surface area contributed by atoms with E-state index in [-0.39, 0.29) is 5.41 Å². The molecule has 0 radical (unpaired) electrons. The third kappa shape index (κ3) is 2.79. The summed E-state index contributed by atoms with van der Waals surface area (Å²) in [5, 5.41) is 7.47. The lowest BCUT2D eigenvalue weighted by molar-refractivity contribution is 0.385.